The second kappa shape index (κ2) is 8.62. The number of sulfonamides is 1. The fraction of sp³-hybridized carbons (Fsp3) is 0.350. The van der Waals surface area contributed by atoms with Crippen molar-refractivity contribution in [1.29, 1.82) is 0 Å². The van der Waals surface area contributed by atoms with Crippen molar-refractivity contribution in [3.05, 3.63) is 48.0 Å². The summed E-state index contributed by atoms with van der Waals surface area (Å²) >= 11 is 0. The first-order valence-corrected chi connectivity index (χ1v) is 10.6. The molecule has 1 aliphatic carbocycles. The number of rotatable bonds is 7. The van der Waals surface area contributed by atoms with E-state index >= 15 is 0 Å². The third-order valence-corrected chi connectivity index (χ3v) is 6.24. The number of carbonyl (C=O) groups excluding carboxylic acids is 1. The highest BCUT2D eigenvalue weighted by Crippen LogP contribution is 2.30. The second-order valence-electron chi connectivity index (χ2n) is 6.65. The lowest BCUT2D eigenvalue weighted by Gasteiger charge is -2.13. The maximum atomic E-state index is 12.6. The minimum Gasteiger partial charge on any atom is -0.493 e. The van der Waals surface area contributed by atoms with Crippen LogP contribution >= 0.6 is 0 Å². The Hall–Kier alpha value is -2.58. The summed E-state index contributed by atoms with van der Waals surface area (Å²) in [5.74, 6) is 0.620. The summed E-state index contributed by atoms with van der Waals surface area (Å²) in [5.41, 5.74) is 0.768. The van der Waals surface area contributed by atoms with E-state index in [1.807, 2.05) is 0 Å². The van der Waals surface area contributed by atoms with E-state index in [9.17, 15) is 13.2 Å². The molecule has 0 heterocycles. The topological polar surface area (TPSA) is 93.7 Å². The lowest BCUT2D eigenvalue weighted by Crippen LogP contribution is -2.32. The fourth-order valence-corrected chi connectivity index (χ4v) is 4.60. The average Bonchev–Trinajstić information content (AvgIpc) is 3.20. The van der Waals surface area contributed by atoms with E-state index in [1.54, 1.807) is 30.3 Å². The molecule has 1 amide bonds. The Morgan fingerprint density at radius 1 is 1.00 bits per heavy atom. The average molecular weight is 404 g/mol. The number of amides is 1. The van der Waals surface area contributed by atoms with Crippen LogP contribution in [0.5, 0.6) is 11.5 Å². The lowest BCUT2D eigenvalue weighted by atomic mass is 10.2. The molecule has 28 heavy (non-hydrogen) atoms. The van der Waals surface area contributed by atoms with Gasteiger partial charge >= 0.3 is 0 Å². The summed E-state index contributed by atoms with van der Waals surface area (Å²) in [6.07, 6.45) is 3.75. The molecule has 0 spiro atoms. The summed E-state index contributed by atoms with van der Waals surface area (Å²) < 4.78 is 38.3. The number of anilines is 1. The normalized spacial score (nSPS) is 14.6. The first-order valence-electron chi connectivity index (χ1n) is 9.09. The highest BCUT2D eigenvalue weighted by molar-refractivity contribution is 7.89. The van der Waals surface area contributed by atoms with Gasteiger partial charge in [-0.25, -0.2) is 13.1 Å². The zero-order valence-electron chi connectivity index (χ0n) is 15.9. The third kappa shape index (κ3) is 4.63. The number of ether oxygens (including phenoxy) is 2. The maximum absolute atomic E-state index is 12.6. The number of hydrogen-bond donors (Lipinski definition) is 2. The van der Waals surface area contributed by atoms with E-state index in [0.717, 1.165) is 25.7 Å². The van der Waals surface area contributed by atoms with E-state index in [0.29, 0.717) is 17.2 Å². The molecule has 2 aromatic carbocycles. The SMILES string of the molecule is COc1ccc(NC(=O)c2cccc(S(=O)(=O)NC3CCCC3)c2)cc1OC. The summed E-state index contributed by atoms with van der Waals surface area (Å²) in [6.45, 7) is 0. The van der Waals surface area contributed by atoms with Crippen molar-refractivity contribution in [2.45, 2.75) is 36.6 Å². The van der Waals surface area contributed by atoms with Crippen LogP contribution in [0.25, 0.3) is 0 Å². The number of methoxy groups -OCH3 is 2. The Morgan fingerprint density at radius 3 is 2.39 bits per heavy atom. The van der Waals surface area contributed by atoms with Gasteiger partial charge in [-0.3, -0.25) is 4.79 Å². The Labute approximate surface area is 165 Å². The molecule has 0 bridgehead atoms. The molecule has 0 atom stereocenters. The highest BCUT2D eigenvalue weighted by atomic mass is 32.2. The van der Waals surface area contributed by atoms with Crippen LogP contribution in [0.2, 0.25) is 0 Å². The summed E-state index contributed by atoms with van der Waals surface area (Å²) in [5, 5.41) is 2.75. The molecule has 150 valence electrons. The molecule has 0 aromatic heterocycles. The summed E-state index contributed by atoms with van der Waals surface area (Å²) in [6, 6.07) is 11.0. The van der Waals surface area contributed by atoms with Gasteiger partial charge in [-0.2, -0.15) is 0 Å². The number of benzene rings is 2. The van der Waals surface area contributed by atoms with E-state index in [-0.39, 0.29) is 16.5 Å². The van der Waals surface area contributed by atoms with Gasteiger partial charge in [-0.1, -0.05) is 18.9 Å². The molecule has 0 aliphatic heterocycles. The molecule has 3 rings (SSSR count). The van der Waals surface area contributed by atoms with E-state index in [2.05, 4.69) is 10.0 Å². The molecule has 8 heteroatoms. The zero-order valence-corrected chi connectivity index (χ0v) is 16.7. The van der Waals surface area contributed by atoms with Crippen molar-refractivity contribution < 1.29 is 22.7 Å². The van der Waals surface area contributed by atoms with Crippen LogP contribution in [0.1, 0.15) is 36.0 Å². The Morgan fingerprint density at radius 2 is 1.71 bits per heavy atom. The van der Waals surface area contributed by atoms with Gasteiger partial charge < -0.3 is 14.8 Å². The zero-order chi connectivity index (χ0) is 20.1. The molecule has 0 saturated heterocycles. The van der Waals surface area contributed by atoms with Gasteiger partial charge in [0.1, 0.15) is 0 Å². The van der Waals surface area contributed by atoms with Gasteiger partial charge in [0.25, 0.3) is 5.91 Å². The summed E-state index contributed by atoms with van der Waals surface area (Å²) in [4.78, 5) is 12.7. The summed E-state index contributed by atoms with van der Waals surface area (Å²) in [7, 11) is -0.620. The third-order valence-electron chi connectivity index (χ3n) is 4.72. The van der Waals surface area contributed by atoms with Crippen LogP contribution in [0, 0.1) is 0 Å². The number of nitrogens with one attached hydrogen (secondary N) is 2. The largest absolute Gasteiger partial charge is 0.493 e. The fourth-order valence-electron chi connectivity index (χ4n) is 3.25. The van der Waals surface area contributed by atoms with Crippen molar-refractivity contribution in [2.75, 3.05) is 19.5 Å². The van der Waals surface area contributed by atoms with Gasteiger partial charge in [0.05, 0.1) is 19.1 Å². The molecule has 2 aromatic rings. The Kier molecular flexibility index (Phi) is 6.21. The molecule has 0 radical (unpaired) electrons. The molecule has 1 saturated carbocycles. The van der Waals surface area contributed by atoms with Gasteiger partial charge in [0.15, 0.2) is 11.5 Å². The number of carbonyl (C=O) groups is 1. The molecular weight excluding hydrogens is 380 g/mol. The maximum Gasteiger partial charge on any atom is 0.255 e. The molecule has 0 unspecified atom stereocenters. The van der Waals surface area contributed by atoms with Crippen LogP contribution in [-0.4, -0.2) is 34.6 Å². The van der Waals surface area contributed by atoms with Crippen LogP contribution in [-0.2, 0) is 10.0 Å². The van der Waals surface area contributed by atoms with Gasteiger partial charge in [-0.05, 0) is 43.2 Å². The van der Waals surface area contributed by atoms with Gasteiger partial charge in [0.2, 0.25) is 10.0 Å². The first kappa shape index (κ1) is 20.2. The quantitative estimate of drug-likeness (QED) is 0.739. The van der Waals surface area contributed by atoms with E-state index in [1.165, 1.54) is 26.4 Å². The van der Waals surface area contributed by atoms with Crippen LogP contribution in [0.15, 0.2) is 47.4 Å². The minimum atomic E-state index is -3.66. The predicted octanol–water partition coefficient (Wildman–Crippen LogP) is 3.18. The van der Waals surface area contributed by atoms with Crippen molar-refractivity contribution in [1.82, 2.24) is 4.72 Å². The Balaban J connectivity index is 1.77. The van der Waals surface area contributed by atoms with Crippen LogP contribution in [0.3, 0.4) is 0 Å². The van der Waals surface area contributed by atoms with Crippen LogP contribution < -0.4 is 19.5 Å². The Bertz CT molecular complexity index is 953. The second-order valence-corrected chi connectivity index (χ2v) is 8.37. The highest BCUT2D eigenvalue weighted by Gasteiger charge is 2.23. The minimum absolute atomic E-state index is 0.0331. The molecular formula is C20H24N2O5S. The smallest absolute Gasteiger partial charge is 0.255 e. The number of hydrogen-bond acceptors (Lipinski definition) is 5. The molecule has 7 nitrogen and oxygen atoms in total. The molecule has 1 aliphatic rings. The monoisotopic (exact) mass is 404 g/mol. The van der Waals surface area contributed by atoms with Gasteiger partial charge in [-0.15, -0.1) is 0 Å². The van der Waals surface area contributed by atoms with Gasteiger partial charge in [0, 0.05) is 23.4 Å². The lowest BCUT2D eigenvalue weighted by molar-refractivity contribution is 0.102. The molecule has 2 N–H and O–H groups in total. The predicted molar refractivity (Wildman–Crippen MR) is 107 cm³/mol. The molecule has 1 fully saturated rings. The van der Waals surface area contributed by atoms with Crippen molar-refractivity contribution in [3.8, 4) is 11.5 Å². The van der Waals surface area contributed by atoms with Crippen molar-refractivity contribution >= 4 is 21.6 Å². The first-order chi connectivity index (χ1) is 13.4. The van der Waals surface area contributed by atoms with E-state index in [4.69, 9.17) is 9.47 Å². The van der Waals surface area contributed by atoms with E-state index < -0.39 is 15.9 Å². The van der Waals surface area contributed by atoms with Crippen LogP contribution in [0.4, 0.5) is 5.69 Å². The van der Waals surface area contributed by atoms with Crippen molar-refractivity contribution in [2.24, 2.45) is 0 Å². The standard InChI is InChI=1S/C20H24N2O5S/c1-26-18-11-10-16(13-19(18)27-2)21-20(23)14-6-5-9-17(12-14)28(24,25)22-15-7-3-4-8-15/h5-6,9-13,15,22H,3-4,7-8H2,1-2H3,(H,21,23). The van der Waals surface area contributed by atoms with Crippen molar-refractivity contribution in [3.63, 3.8) is 0 Å².